The molecule has 0 bridgehead atoms. The standard InChI is InChI=1S/C45H34N2/c1-45(2)41-19-11-9-17-37(41)38-27-25-35(29-42(38)45)46(33-15-7-4-8-16-33)36-26-28-40-39-18-10-12-20-43(39)47(44(40)30-36)34-23-21-32(22-24-34)31-13-5-3-6-14-31/h3-30H,1-2H3. The number of nitrogens with zero attached hydrogens (tertiary/aromatic N) is 2. The fourth-order valence-electron chi connectivity index (χ4n) is 7.67. The van der Waals surface area contributed by atoms with Crippen molar-refractivity contribution in [3.63, 3.8) is 0 Å². The van der Waals surface area contributed by atoms with Gasteiger partial charge in [0, 0.05) is 38.9 Å². The predicted octanol–water partition coefficient (Wildman–Crippen LogP) is 12.2. The molecule has 0 unspecified atom stereocenters. The third kappa shape index (κ3) is 4.33. The van der Waals surface area contributed by atoms with Crippen LogP contribution in [-0.2, 0) is 5.41 Å². The molecule has 1 heterocycles. The second-order valence-electron chi connectivity index (χ2n) is 13.0. The predicted molar refractivity (Wildman–Crippen MR) is 198 cm³/mol. The van der Waals surface area contributed by atoms with Gasteiger partial charge in [0.1, 0.15) is 0 Å². The molecule has 2 nitrogen and oxygen atoms in total. The molecule has 0 N–H and O–H groups in total. The number of hydrogen-bond donors (Lipinski definition) is 0. The third-order valence-electron chi connectivity index (χ3n) is 9.99. The van der Waals surface area contributed by atoms with Gasteiger partial charge in [0.25, 0.3) is 0 Å². The largest absolute Gasteiger partial charge is 0.310 e. The maximum Gasteiger partial charge on any atom is 0.0561 e. The molecule has 0 atom stereocenters. The van der Waals surface area contributed by atoms with Crippen molar-refractivity contribution >= 4 is 38.9 Å². The highest BCUT2D eigenvalue weighted by Gasteiger charge is 2.35. The van der Waals surface area contributed by atoms with Crippen molar-refractivity contribution in [3.05, 3.63) is 181 Å². The fraction of sp³-hybridized carbons (Fsp3) is 0.0667. The quantitative estimate of drug-likeness (QED) is 0.190. The van der Waals surface area contributed by atoms with Gasteiger partial charge in [0.2, 0.25) is 0 Å². The van der Waals surface area contributed by atoms with Crippen LogP contribution in [0, 0.1) is 0 Å². The molecule has 0 aliphatic heterocycles. The number of hydrogen-bond acceptors (Lipinski definition) is 1. The van der Waals surface area contributed by atoms with Crippen molar-refractivity contribution in [1.82, 2.24) is 4.57 Å². The van der Waals surface area contributed by atoms with E-state index in [2.05, 4.69) is 193 Å². The van der Waals surface area contributed by atoms with Crippen LogP contribution >= 0.6 is 0 Å². The summed E-state index contributed by atoms with van der Waals surface area (Å²) in [7, 11) is 0. The van der Waals surface area contributed by atoms with E-state index in [1.165, 1.54) is 55.2 Å². The highest BCUT2D eigenvalue weighted by molar-refractivity contribution is 6.10. The maximum absolute atomic E-state index is 2.41. The Morgan fingerprint density at radius 1 is 0.426 bits per heavy atom. The molecule has 224 valence electrons. The van der Waals surface area contributed by atoms with E-state index >= 15 is 0 Å². The van der Waals surface area contributed by atoms with Crippen LogP contribution in [0.1, 0.15) is 25.0 Å². The lowest BCUT2D eigenvalue weighted by Gasteiger charge is -2.28. The smallest absolute Gasteiger partial charge is 0.0561 e. The zero-order chi connectivity index (χ0) is 31.5. The van der Waals surface area contributed by atoms with Gasteiger partial charge in [-0.3, -0.25) is 0 Å². The topological polar surface area (TPSA) is 8.17 Å². The first-order valence-electron chi connectivity index (χ1n) is 16.4. The summed E-state index contributed by atoms with van der Waals surface area (Å²) in [6.45, 7) is 4.70. The van der Waals surface area contributed by atoms with Crippen molar-refractivity contribution in [2.75, 3.05) is 4.90 Å². The molecular formula is C45H34N2. The molecule has 47 heavy (non-hydrogen) atoms. The molecule has 8 aromatic rings. The molecule has 0 fully saturated rings. The SMILES string of the molecule is CC1(C)c2ccccc2-c2ccc(N(c3ccccc3)c3ccc4c5ccccc5n(-c5ccc(-c6ccccc6)cc5)c4c3)cc21. The van der Waals surface area contributed by atoms with Gasteiger partial charge in [0.05, 0.1) is 11.0 Å². The summed E-state index contributed by atoms with van der Waals surface area (Å²) in [5.41, 5.74) is 14.8. The minimum atomic E-state index is -0.0768. The number of rotatable bonds is 5. The van der Waals surface area contributed by atoms with Crippen LogP contribution in [0.25, 0.3) is 49.7 Å². The lowest BCUT2D eigenvalue weighted by atomic mass is 9.82. The first kappa shape index (κ1) is 27.5. The summed E-state index contributed by atoms with van der Waals surface area (Å²) in [6, 6.07) is 61.8. The third-order valence-corrected chi connectivity index (χ3v) is 9.99. The zero-order valence-corrected chi connectivity index (χ0v) is 26.6. The molecule has 1 aromatic heterocycles. The Hall–Kier alpha value is -5.86. The highest BCUT2D eigenvalue weighted by atomic mass is 15.1. The van der Waals surface area contributed by atoms with E-state index in [1.807, 2.05) is 0 Å². The van der Waals surface area contributed by atoms with E-state index in [4.69, 9.17) is 0 Å². The molecule has 0 spiro atoms. The average molecular weight is 603 g/mol. The summed E-state index contributed by atoms with van der Waals surface area (Å²) in [5.74, 6) is 0. The van der Waals surface area contributed by atoms with Gasteiger partial charge in [-0.25, -0.2) is 0 Å². The monoisotopic (exact) mass is 602 g/mol. The van der Waals surface area contributed by atoms with E-state index in [-0.39, 0.29) is 5.41 Å². The van der Waals surface area contributed by atoms with Crippen LogP contribution in [0.15, 0.2) is 170 Å². The molecular weight excluding hydrogens is 569 g/mol. The van der Waals surface area contributed by atoms with Gasteiger partial charge < -0.3 is 9.47 Å². The van der Waals surface area contributed by atoms with E-state index in [1.54, 1.807) is 0 Å². The Kier molecular flexibility index (Phi) is 6.20. The number of fused-ring (bicyclic) bond motifs is 6. The van der Waals surface area contributed by atoms with Gasteiger partial charge in [-0.1, -0.05) is 129 Å². The molecule has 0 saturated carbocycles. The number of benzene rings is 7. The molecule has 1 aliphatic carbocycles. The van der Waals surface area contributed by atoms with Crippen LogP contribution in [0.3, 0.4) is 0 Å². The van der Waals surface area contributed by atoms with Crippen LogP contribution in [0.2, 0.25) is 0 Å². The Morgan fingerprint density at radius 3 is 1.83 bits per heavy atom. The Labute approximate surface area is 275 Å². The zero-order valence-electron chi connectivity index (χ0n) is 26.6. The van der Waals surface area contributed by atoms with Gasteiger partial charge in [0.15, 0.2) is 0 Å². The molecule has 1 aliphatic rings. The summed E-state index contributed by atoms with van der Waals surface area (Å²) in [6.07, 6.45) is 0. The summed E-state index contributed by atoms with van der Waals surface area (Å²) in [4.78, 5) is 2.40. The van der Waals surface area contributed by atoms with Crippen molar-refractivity contribution < 1.29 is 0 Å². The summed E-state index contributed by atoms with van der Waals surface area (Å²) >= 11 is 0. The second-order valence-corrected chi connectivity index (χ2v) is 13.0. The Morgan fingerprint density at radius 2 is 1.02 bits per heavy atom. The van der Waals surface area contributed by atoms with Gasteiger partial charge >= 0.3 is 0 Å². The summed E-state index contributed by atoms with van der Waals surface area (Å²) < 4.78 is 2.41. The molecule has 2 heteroatoms. The second kappa shape index (κ2) is 10.6. The minimum absolute atomic E-state index is 0.0768. The lowest BCUT2D eigenvalue weighted by molar-refractivity contribution is 0.660. The van der Waals surface area contributed by atoms with Gasteiger partial charge in [-0.2, -0.15) is 0 Å². The van der Waals surface area contributed by atoms with Crippen molar-refractivity contribution in [2.45, 2.75) is 19.3 Å². The lowest BCUT2D eigenvalue weighted by Crippen LogP contribution is -2.16. The van der Waals surface area contributed by atoms with Crippen LogP contribution < -0.4 is 4.90 Å². The van der Waals surface area contributed by atoms with E-state index < -0.39 is 0 Å². The first-order valence-corrected chi connectivity index (χ1v) is 16.4. The maximum atomic E-state index is 2.41. The normalized spacial score (nSPS) is 13.1. The average Bonchev–Trinajstić information content (AvgIpc) is 3.57. The Bertz CT molecular complexity index is 2420. The number of para-hydroxylation sites is 2. The Balaban J connectivity index is 1.23. The van der Waals surface area contributed by atoms with Crippen LogP contribution in [0.4, 0.5) is 17.1 Å². The van der Waals surface area contributed by atoms with Crippen molar-refractivity contribution in [2.24, 2.45) is 0 Å². The highest BCUT2D eigenvalue weighted by Crippen LogP contribution is 2.50. The molecule has 0 saturated heterocycles. The fourth-order valence-corrected chi connectivity index (χ4v) is 7.67. The van der Waals surface area contributed by atoms with Crippen LogP contribution in [0.5, 0.6) is 0 Å². The van der Waals surface area contributed by atoms with Crippen LogP contribution in [-0.4, -0.2) is 4.57 Å². The number of anilines is 3. The van der Waals surface area contributed by atoms with Gasteiger partial charge in [-0.15, -0.1) is 0 Å². The van der Waals surface area contributed by atoms with Crippen molar-refractivity contribution in [3.8, 4) is 27.9 Å². The number of aromatic nitrogens is 1. The van der Waals surface area contributed by atoms with E-state index in [0.717, 1.165) is 22.7 Å². The molecule has 7 aromatic carbocycles. The van der Waals surface area contributed by atoms with E-state index in [9.17, 15) is 0 Å². The van der Waals surface area contributed by atoms with Crippen molar-refractivity contribution in [1.29, 1.82) is 0 Å². The molecule has 9 rings (SSSR count). The summed E-state index contributed by atoms with van der Waals surface area (Å²) in [5, 5.41) is 2.50. The van der Waals surface area contributed by atoms with Gasteiger partial charge in [-0.05, 0) is 88.0 Å². The molecule has 0 amide bonds. The minimum Gasteiger partial charge on any atom is -0.310 e. The van der Waals surface area contributed by atoms with E-state index in [0.29, 0.717) is 0 Å². The first-order chi connectivity index (χ1) is 23.1. The molecule has 0 radical (unpaired) electrons.